The summed E-state index contributed by atoms with van der Waals surface area (Å²) in [5.41, 5.74) is 6.25. The summed E-state index contributed by atoms with van der Waals surface area (Å²) >= 11 is 0. The Labute approximate surface area is 123 Å². The first-order chi connectivity index (χ1) is 10.0. The summed E-state index contributed by atoms with van der Waals surface area (Å²) in [7, 11) is 0. The Morgan fingerprint density at radius 2 is 1.81 bits per heavy atom. The van der Waals surface area contributed by atoms with Gasteiger partial charge in [-0.2, -0.15) is 8.78 Å². The van der Waals surface area contributed by atoms with E-state index in [1.807, 2.05) is 0 Å². The second-order valence-electron chi connectivity index (χ2n) is 4.94. The van der Waals surface area contributed by atoms with E-state index in [1.54, 1.807) is 0 Å². The average molecular weight is 304 g/mol. The first kappa shape index (κ1) is 17.5. The molecule has 1 aromatic rings. The number of hydrogen-bond donors (Lipinski definition) is 2. The number of halogens is 3. The maximum atomic E-state index is 13.4. The molecule has 0 aliphatic rings. The molecule has 0 unspecified atom stereocenters. The molecule has 0 saturated carbocycles. The zero-order valence-corrected chi connectivity index (χ0v) is 12.3. The molecular weight excluding hydrogens is 281 g/mol. The molecule has 0 amide bonds. The van der Waals surface area contributed by atoms with Gasteiger partial charge >= 0.3 is 6.61 Å². The quantitative estimate of drug-likeness (QED) is 0.483. The van der Waals surface area contributed by atoms with Gasteiger partial charge in [0.15, 0.2) is 11.6 Å². The number of alkyl halides is 2. The summed E-state index contributed by atoms with van der Waals surface area (Å²) in [5.74, 6) is -1.39. The van der Waals surface area contributed by atoms with Crippen molar-refractivity contribution in [3.63, 3.8) is 0 Å². The Hall–Kier alpha value is -1.59. The summed E-state index contributed by atoms with van der Waals surface area (Å²) in [6.07, 6.45) is 6.89. The maximum absolute atomic E-state index is 13.4. The van der Waals surface area contributed by atoms with Crippen molar-refractivity contribution < 1.29 is 17.9 Å². The predicted octanol–water partition coefficient (Wildman–Crippen LogP) is 4.78. The lowest BCUT2D eigenvalue weighted by atomic mass is 10.1. The number of nitrogen functional groups attached to an aromatic ring is 1. The van der Waals surface area contributed by atoms with Gasteiger partial charge in [0.05, 0.1) is 11.4 Å². The fourth-order valence-corrected chi connectivity index (χ4v) is 2.04. The molecule has 0 aliphatic heterocycles. The van der Waals surface area contributed by atoms with Crippen molar-refractivity contribution in [2.75, 3.05) is 17.6 Å². The van der Waals surface area contributed by atoms with E-state index < -0.39 is 18.2 Å². The average Bonchev–Trinajstić information content (AvgIpc) is 2.42. The van der Waals surface area contributed by atoms with Crippen LogP contribution in [0.25, 0.3) is 0 Å². The Kier molecular flexibility index (Phi) is 7.79. The van der Waals surface area contributed by atoms with Gasteiger partial charge in [0.2, 0.25) is 0 Å². The highest BCUT2D eigenvalue weighted by atomic mass is 19.3. The molecule has 0 atom stereocenters. The van der Waals surface area contributed by atoms with Crippen molar-refractivity contribution in [2.45, 2.75) is 52.1 Å². The van der Waals surface area contributed by atoms with Crippen molar-refractivity contribution in [1.29, 1.82) is 0 Å². The standard InChI is InChI=1S/C15H23F3N2O/c1-2-3-4-5-6-7-8-20-13-10-14(21-15(17)18)11(16)9-12(13)19/h9-10,15,20H,2-8,19H2,1H3. The lowest BCUT2D eigenvalue weighted by Gasteiger charge is -2.12. The number of unbranched alkanes of at least 4 members (excludes halogenated alkanes) is 5. The predicted molar refractivity (Wildman–Crippen MR) is 79.3 cm³/mol. The molecule has 0 bridgehead atoms. The minimum absolute atomic E-state index is 0.181. The van der Waals surface area contributed by atoms with Crippen LogP contribution >= 0.6 is 0 Å². The van der Waals surface area contributed by atoms with Gasteiger partial charge in [0.1, 0.15) is 0 Å². The fourth-order valence-electron chi connectivity index (χ4n) is 2.04. The number of hydrogen-bond acceptors (Lipinski definition) is 3. The molecule has 0 fully saturated rings. The Morgan fingerprint density at radius 3 is 2.48 bits per heavy atom. The van der Waals surface area contributed by atoms with Crippen molar-refractivity contribution in [3.05, 3.63) is 17.9 Å². The highest BCUT2D eigenvalue weighted by molar-refractivity contribution is 5.68. The van der Waals surface area contributed by atoms with Gasteiger partial charge in [0, 0.05) is 18.7 Å². The largest absolute Gasteiger partial charge is 0.432 e. The van der Waals surface area contributed by atoms with E-state index in [9.17, 15) is 13.2 Å². The van der Waals surface area contributed by atoms with Crippen molar-refractivity contribution in [2.24, 2.45) is 0 Å². The van der Waals surface area contributed by atoms with E-state index in [1.165, 1.54) is 31.7 Å². The van der Waals surface area contributed by atoms with E-state index in [4.69, 9.17) is 5.73 Å². The third-order valence-electron chi connectivity index (χ3n) is 3.17. The third kappa shape index (κ3) is 6.60. The molecule has 0 aromatic heterocycles. The molecule has 1 rings (SSSR count). The molecule has 0 heterocycles. The van der Waals surface area contributed by atoms with E-state index >= 15 is 0 Å². The van der Waals surface area contributed by atoms with Crippen LogP contribution in [-0.4, -0.2) is 13.2 Å². The molecule has 21 heavy (non-hydrogen) atoms. The van der Waals surface area contributed by atoms with Gasteiger partial charge in [-0.1, -0.05) is 39.0 Å². The minimum atomic E-state index is -3.06. The van der Waals surface area contributed by atoms with Crippen LogP contribution < -0.4 is 15.8 Å². The van der Waals surface area contributed by atoms with Gasteiger partial charge in [0.25, 0.3) is 0 Å². The topological polar surface area (TPSA) is 47.3 Å². The first-order valence-electron chi connectivity index (χ1n) is 7.32. The van der Waals surface area contributed by atoms with Gasteiger partial charge in [-0.15, -0.1) is 0 Å². The van der Waals surface area contributed by atoms with E-state index in [2.05, 4.69) is 17.0 Å². The lowest BCUT2D eigenvalue weighted by molar-refractivity contribution is -0.0521. The van der Waals surface area contributed by atoms with Crippen LogP contribution in [0.15, 0.2) is 12.1 Å². The van der Waals surface area contributed by atoms with Crippen LogP contribution in [0.3, 0.4) is 0 Å². The molecule has 0 saturated heterocycles. The second kappa shape index (κ2) is 9.37. The van der Waals surface area contributed by atoms with Crippen molar-refractivity contribution >= 4 is 11.4 Å². The molecule has 3 nitrogen and oxygen atoms in total. The monoisotopic (exact) mass is 304 g/mol. The van der Waals surface area contributed by atoms with Crippen molar-refractivity contribution in [3.8, 4) is 5.75 Å². The summed E-state index contributed by atoms with van der Waals surface area (Å²) in [6, 6.07) is 2.16. The fraction of sp³-hybridized carbons (Fsp3) is 0.600. The maximum Gasteiger partial charge on any atom is 0.387 e. The lowest BCUT2D eigenvalue weighted by Crippen LogP contribution is -2.08. The van der Waals surface area contributed by atoms with E-state index in [0.717, 1.165) is 18.9 Å². The normalized spacial score (nSPS) is 10.9. The van der Waals surface area contributed by atoms with Crippen LogP contribution in [0.5, 0.6) is 5.75 Å². The van der Waals surface area contributed by atoms with Crippen LogP contribution in [-0.2, 0) is 0 Å². The summed E-state index contributed by atoms with van der Waals surface area (Å²) in [6.45, 7) is -0.233. The van der Waals surface area contributed by atoms with Crippen LogP contribution in [0.1, 0.15) is 45.4 Å². The number of nitrogens with one attached hydrogen (secondary N) is 1. The molecule has 0 spiro atoms. The molecular formula is C15H23F3N2O. The third-order valence-corrected chi connectivity index (χ3v) is 3.17. The number of anilines is 2. The van der Waals surface area contributed by atoms with Crippen LogP contribution in [0.4, 0.5) is 24.5 Å². The zero-order valence-electron chi connectivity index (χ0n) is 12.3. The molecule has 3 N–H and O–H groups in total. The Balaban J connectivity index is 2.43. The van der Waals surface area contributed by atoms with E-state index in [-0.39, 0.29) is 5.69 Å². The van der Waals surface area contributed by atoms with Gasteiger partial charge < -0.3 is 15.8 Å². The first-order valence-corrected chi connectivity index (χ1v) is 7.32. The zero-order chi connectivity index (χ0) is 15.7. The van der Waals surface area contributed by atoms with Crippen LogP contribution in [0.2, 0.25) is 0 Å². The smallest absolute Gasteiger partial charge is 0.387 e. The number of rotatable bonds is 10. The minimum Gasteiger partial charge on any atom is -0.432 e. The number of nitrogens with two attached hydrogens (primary N) is 1. The van der Waals surface area contributed by atoms with Gasteiger partial charge in [-0.3, -0.25) is 0 Å². The molecule has 1 aromatic carbocycles. The van der Waals surface area contributed by atoms with Gasteiger partial charge in [-0.25, -0.2) is 4.39 Å². The summed E-state index contributed by atoms with van der Waals surface area (Å²) < 4.78 is 41.8. The molecule has 0 aliphatic carbocycles. The summed E-state index contributed by atoms with van der Waals surface area (Å²) in [4.78, 5) is 0. The number of benzene rings is 1. The Bertz CT molecular complexity index is 428. The van der Waals surface area contributed by atoms with Gasteiger partial charge in [-0.05, 0) is 6.42 Å². The highest BCUT2D eigenvalue weighted by Crippen LogP contribution is 2.29. The van der Waals surface area contributed by atoms with Crippen LogP contribution in [0, 0.1) is 5.82 Å². The molecule has 120 valence electrons. The van der Waals surface area contributed by atoms with E-state index in [0.29, 0.717) is 12.2 Å². The highest BCUT2D eigenvalue weighted by Gasteiger charge is 2.13. The molecule has 6 heteroatoms. The second-order valence-corrected chi connectivity index (χ2v) is 4.94. The Morgan fingerprint density at radius 1 is 1.14 bits per heavy atom. The summed E-state index contributed by atoms with van der Waals surface area (Å²) in [5, 5.41) is 3.03. The number of ether oxygens (including phenoxy) is 1. The molecule has 0 radical (unpaired) electrons. The van der Waals surface area contributed by atoms with Crippen molar-refractivity contribution in [1.82, 2.24) is 0 Å². The SMILES string of the molecule is CCCCCCCCNc1cc(OC(F)F)c(F)cc1N.